The summed E-state index contributed by atoms with van der Waals surface area (Å²) in [5.74, 6) is 0.838. The van der Waals surface area contributed by atoms with E-state index in [1.54, 1.807) is 11.0 Å². The molecule has 2 saturated heterocycles. The van der Waals surface area contributed by atoms with Crippen LogP contribution in [-0.2, 0) is 19.5 Å². The third-order valence-corrected chi connectivity index (χ3v) is 7.96. The Morgan fingerprint density at radius 2 is 1.56 bits per heavy atom. The van der Waals surface area contributed by atoms with Gasteiger partial charge in [-0.15, -0.1) is 0 Å². The Morgan fingerprint density at radius 1 is 0.949 bits per heavy atom. The maximum atomic E-state index is 13.6. The Labute approximate surface area is 237 Å². The molecule has 2 fully saturated rings. The van der Waals surface area contributed by atoms with Gasteiger partial charge in [0.15, 0.2) is 0 Å². The van der Waals surface area contributed by atoms with Crippen molar-refractivity contribution in [3.05, 3.63) is 83.0 Å². The highest BCUT2D eigenvalue weighted by Crippen LogP contribution is 2.45. The first-order chi connectivity index (χ1) is 18.8. The number of aromatic nitrogens is 2. The highest BCUT2D eigenvalue weighted by molar-refractivity contribution is 6.32. The summed E-state index contributed by atoms with van der Waals surface area (Å²) in [5, 5.41) is 0.150. The molecule has 0 saturated carbocycles. The Kier molecular flexibility index (Phi) is 8.23. The molecule has 3 aromatic rings. The van der Waals surface area contributed by atoms with Crippen LogP contribution in [0.4, 0.5) is 16.6 Å². The molecule has 10 heteroatoms. The summed E-state index contributed by atoms with van der Waals surface area (Å²) in [6, 6.07) is 21.4. The van der Waals surface area contributed by atoms with Crippen LogP contribution in [0.1, 0.15) is 38.3 Å². The number of anilines is 2. The number of amides is 1. The molecule has 0 aliphatic carbocycles. The fraction of sp³-hybridized carbons (Fsp3) is 0.414. The Morgan fingerprint density at radius 3 is 2.15 bits per heavy atom. The zero-order chi connectivity index (χ0) is 27.5. The Hall–Kier alpha value is -2.98. The van der Waals surface area contributed by atoms with Gasteiger partial charge in [-0.1, -0.05) is 93.0 Å². The lowest BCUT2D eigenvalue weighted by atomic mass is 9.78. The van der Waals surface area contributed by atoms with Gasteiger partial charge >= 0.3 is 6.09 Å². The summed E-state index contributed by atoms with van der Waals surface area (Å²) < 4.78 is 18.2. The lowest BCUT2D eigenvalue weighted by Crippen LogP contribution is -2.59. The summed E-state index contributed by atoms with van der Waals surface area (Å²) in [6.45, 7) is 9.15. The van der Waals surface area contributed by atoms with Crippen molar-refractivity contribution >= 4 is 39.2 Å². The summed E-state index contributed by atoms with van der Waals surface area (Å²) in [6.07, 6.45) is 0.0337. The number of hydrogen-bond acceptors (Lipinski definition) is 7. The number of rotatable bonds is 7. The minimum absolute atomic E-state index is 0.101. The van der Waals surface area contributed by atoms with Gasteiger partial charge in [-0.05, 0) is 16.2 Å². The van der Waals surface area contributed by atoms with Gasteiger partial charge in [0.1, 0.15) is 16.6 Å². The number of morpholine rings is 1. The number of nitrogens with zero attached hydrogens (tertiary/aromatic N) is 4. The molecule has 0 unspecified atom stereocenters. The second kappa shape index (κ2) is 11.6. The van der Waals surface area contributed by atoms with Gasteiger partial charge in [0, 0.05) is 25.6 Å². The third-order valence-electron chi connectivity index (χ3n) is 6.73. The van der Waals surface area contributed by atoms with Crippen molar-refractivity contribution in [2.75, 3.05) is 42.7 Å². The average Bonchev–Trinajstić information content (AvgIpc) is 2.94. The van der Waals surface area contributed by atoms with Crippen molar-refractivity contribution in [3.63, 3.8) is 0 Å². The van der Waals surface area contributed by atoms with E-state index in [1.165, 1.54) is 0 Å². The van der Waals surface area contributed by atoms with Gasteiger partial charge in [-0.3, -0.25) is 4.90 Å². The van der Waals surface area contributed by atoms with Crippen molar-refractivity contribution in [2.45, 2.75) is 43.9 Å². The highest BCUT2D eigenvalue weighted by atomic mass is 35.5. The van der Waals surface area contributed by atoms with E-state index in [2.05, 4.69) is 50.0 Å². The number of halogens is 1. The monoisotopic (exact) mass is 564 g/mol. The molecule has 1 aromatic heterocycles. The minimum Gasteiger partial charge on any atom is -0.449 e. The lowest BCUT2D eigenvalue weighted by Gasteiger charge is -2.48. The molecule has 5 rings (SSSR count). The van der Waals surface area contributed by atoms with E-state index in [9.17, 15) is 4.79 Å². The van der Waals surface area contributed by atoms with E-state index in [-0.39, 0.29) is 26.6 Å². The van der Waals surface area contributed by atoms with Gasteiger partial charge in [0.2, 0.25) is 15.7 Å². The maximum Gasteiger partial charge on any atom is 0.415 e. The van der Waals surface area contributed by atoms with Crippen LogP contribution < -0.4 is 9.80 Å². The van der Waals surface area contributed by atoms with Crippen LogP contribution in [0.3, 0.4) is 0 Å². The van der Waals surface area contributed by atoms with E-state index in [1.807, 2.05) is 41.3 Å². The average molecular weight is 565 g/mol. The van der Waals surface area contributed by atoms with E-state index >= 15 is 0 Å². The maximum absolute atomic E-state index is 13.6. The van der Waals surface area contributed by atoms with Crippen LogP contribution in [0, 0.1) is 0 Å². The Balaban J connectivity index is 1.69. The number of benzene rings is 2. The molecule has 204 valence electrons. The van der Waals surface area contributed by atoms with Gasteiger partial charge in [0.05, 0.1) is 25.9 Å². The summed E-state index contributed by atoms with van der Waals surface area (Å²) in [4.78, 5) is 26.6. The summed E-state index contributed by atoms with van der Waals surface area (Å²) in [5.41, 5.74) is 0.905. The molecule has 0 N–H and O–H groups in total. The Bertz CT molecular complexity index is 1230. The predicted molar refractivity (Wildman–Crippen MR) is 153 cm³/mol. The van der Waals surface area contributed by atoms with E-state index in [0.29, 0.717) is 44.5 Å². The van der Waals surface area contributed by atoms with Crippen molar-refractivity contribution in [1.29, 1.82) is 0 Å². The molecule has 8 nitrogen and oxygen atoms in total. The van der Waals surface area contributed by atoms with Gasteiger partial charge in [-0.2, -0.15) is 4.98 Å². The van der Waals surface area contributed by atoms with Gasteiger partial charge in [-0.25, -0.2) is 9.78 Å². The molecule has 2 aliphatic rings. The topological polar surface area (TPSA) is 77.0 Å². The second-order valence-electron chi connectivity index (χ2n) is 10.7. The molecule has 1 atom stereocenters. The smallest absolute Gasteiger partial charge is 0.415 e. The zero-order valence-corrected chi connectivity index (χ0v) is 24.2. The van der Waals surface area contributed by atoms with E-state index in [0.717, 1.165) is 11.1 Å². The molecule has 0 bridgehead atoms. The molecule has 2 radical (unpaired) electrons. The van der Waals surface area contributed by atoms with Crippen molar-refractivity contribution in [2.24, 2.45) is 0 Å². The highest BCUT2D eigenvalue weighted by Gasteiger charge is 2.51. The lowest BCUT2D eigenvalue weighted by molar-refractivity contribution is 0.0415. The second-order valence-corrected chi connectivity index (χ2v) is 13.0. The first-order valence-electron chi connectivity index (χ1n) is 13.2. The van der Waals surface area contributed by atoms with Crippen LogP contribution >= 0.6 is 11.6 Å². The van der Waals surface area contributed by atoms with Crippen LogP contribution in [-0.4, -0.2) is 64.8 Å². The normalized spacial score (nSPS) is 18.7. The number of ether oxygens (including phenoxy) is 2. The van der Waals surface area contributed by atoms with Crippen molar-refractivity contribution in [3.8, 4) is 0 Å². The van der Waals surface area contributed by atoms with Crippen molar-refractivity contribution < 1.29 is 18.7 Å². The summed E-state index contributed by atoms with van der Waals surface area (Å²) >= 11 is 6.54. The van der Waals surface area contributed by atoms with Gasteiger partial charge in [0.25, 0.3) is 0 Å². The SMILES string of the molecule is CC(C)(C)[Si]OC(c1ccccc1)(c1ccccc1)[C@@H]1CCOC(=O)N1c1cc(Cl)nc(N2CCOCC2)n1. The quantitative estimate of drug-likeness (QED) is 0.278. The minimum atomic E-state index is -0.996. The van der Waals surface area contributed by atoms with Crippen LogP contribution in [0.5, 0.6) is 0 Å². The first kappa shape index (κ1) is 27.6. The van der Waals surface area contributed by atoms with E-state index in [4.69, 9.17) is 30.5 Å². The summed E-state index contributed by atoms with van der Waals surface area (Å²) in [7, 11) is 0.147. The number of carbonyl (C=O) groups is 1. The molecular weight excluding hydrogens is 532 g/mol. The van der Waals surface area contributed by atoms with Crippen molar-refractivity contribution in [1.82, 2.24) is 9.97 Å². The molecule has 3 heterocycles. The van der Waals surface area contributed by atoms with Gasteiger partial charge < -0.3 is 18.8 Å². The number of carbonyl (C=O) groups excluding carboxylic acids is 1. The number of cyclic esters (lactones) is 1. The first-order valence-corrected chi connectivity index (χ1v) is 14.5. The van der Waals surface area contributed by atoms with Crippen LogP contribution in [0.2, 0.25) is 10.2 Å². The van der Waals surface area contributed by atoms with Crippen LogP contribution in [0.25, 0.3) is 0 Å². The molecule has 1 amide bonds. The zero-order valence-electron chi connectivity index (χ0n) is 22.5. The largest absolute Gasteiger partial charge is 0.449 e. The molecule has 0 spiro atoms. The molecular formula is C29H33ClN4O4Si. The number of hydrogen-bond donors (Lipinski definition) is 0. The molecule has 2 aliphatic heterocycles. The fourth-order valence-electron chi connectivity index (χ4n) is 4.99. The predicted octanol–water partition coefficient (Wildman–Crippen LogP) is 5.48. The third kappa shape index (κ3) is 5.96. The fourth-order valence-corrected chi connectivity index (χ4v) is 6.00. The molecule has 2 aromatic carbocycles. The standard InChI is InChI=1S/C29H33ClN4O4Si/c1-28(2,3)39-38-29(21-10-6-4-7-11-21,22-12-8-5-9-13-22)23-14-17-37-27(35)34(23)25-20-24(30)31-26(32-25)33-15-18-36-19-16-33/h4-13,20,23H,14-19H2,1-3H3/t23-/m0/s1. The van der Waals surface area contributed by atoms with Crippen LogP contribution in [0.15, 0.2) is 66.7 Å². The molecule has 39 heavy (non-hydrogen) atoms. The van der Waals surface area contributed by atoms with E-state index < -0.39 is 17.7 Å².